The summed E-state index contributed by atoms with van der Waals surface area (Å²) in [6.07, 6.45) is 2.52. The maximum atomic E-state index is 12.0. The van der Waals surface area contributed by atoms with Crippen LogP contribution in [0.25, 0.3) is 11.0 Å². The summed E-state index contributed by atoms with van der Waals surface area (Å²) in [6, 6.07) is 18.2. The largest absolute Gasteiger partial charge is 0.497 e. The van der Waals surface area contributed by atoms with Gasteiger partial charge in [-0.1, -0.05) is 30.3 Å². The van der Waals surface area contributed by atoms with Crippen LogP contribution in [0.5, 0.6) is 5.75 Å². The molecule has 1 fully saturated rings. The van der Waals surface area contributed by atoms with Crippen LogP contribution >= 0.6 is 0 Å². The summed E-state index contributed by atoms with van der Waals surface area (Å²) in [4.78, 5) is 14.5. The topological polar surface area (TPSA) is 54.7 Å². The number of hydrogen-bond donors (Lipinski definition) is 1. The fraction of sp³-hybridized carbons (Fsp3) is 0.348. The number of benzene rings is 2. The first-order valence-corrected chi connectivity index (χ1v) is 9.85. The lowest BCUT2D eigenvalue weighted by Crippen LogP contribution is -2.34. The first-order valence-electron chi connectivity index (χ1n) is 9.85. The molecule has 3 aromatic rings. The van der Waals surface area contributed by atoms with E-state index in [-0.39, 0.29) is 5.63 Å². The van der Waals surface area contributed by atoms with Crippen molar-refractivity contribution >= 4 is 11.0 Å². The summed E-state index contributed by atoms with van der Waals surface area (Å²) >= 11 is 0. The number of rotatable bonds is 7. The fourth-order valence-corrected chi connectivity index (χ4v) is 4.01. The number of methoxy groups -OCH3 is 1. The molecule has 0 amide bonds. The Labute approximate surface area is 164 Å². The molecule has 28 heavy (non-hydrogen) atoms. The van der Waals surface area contributed by atoms with E-state index in [2.05, 4.69) is 40.5 Å². The van der Waals surface area contributed by atoms with E-state index in [9.17, 15) is 4.79 Å². The van der Waals surface area contributed by atoms with E-state index in [1.54, 1.807) is 19.2 Å². The number of hydrogen-bond acceptors (Lipinski definition) is 5. The molecule has 1 aromatic heterocycles. The highest BCUT2D eigenvalue weighted by molar-refractivity contribution is 5.81. The number of fused-ring (bicyclic) bond motifs is 1. The Bertz CT molecular complexity index is 978. The number of nitrogens with zero attached hydrogens (tertiary/aromatic N) is 1. The SMILES string of the molecule is COc1ccc2c(CNC[C@H](c3ccccc3)N3CCCC3)cc(=O)oc2c1. The summed E-state index contributed by atoms with van der Waals surface area (Å²) in [5, 5.41) is 4.51. The Morgan fingerprint density at radius 3 is 2.64 bits per heavy atom. The summed E-state index contributed by atoms with van der Waals surface area (Å²) in [5.74, 6) is 0.680. The predicted molar refractivity (Wildman–Crippen MR) is 111 cm³/mol. The molecule has 0 radical (unpaired) electrons. The van der Waals surface area contributed by atoms with Gasteiger partial charge in [-0.2, -0.15) is 0 Å². The standard InChI is InChI=1S/C23H26N2O3/c1-27-19-9-10-20-18(13-23(26)28-22(20)14-19)15-24-16-21(25-11-5-6-12-25)17-7-3-2-4-8-17/h2-4,7-10,13-14,21,24H,5-6,11-12,15-16H2,1H3/t21-/m1/s1. The molecule has 0 aliphatic carbocycles. The minimum Gasteiger partial charge on any atom is -0.497 e. The summed E-state index contributed by atoms with van der Waals surface area (Å²) in [7, 11) is 1.60. The first kappa shape index (κ1) is 18.7. The number of likely N-dealkylation sites (tertiary alicyclic amines) is 1. The molecule has 0 spiro atoms. The molecular formula is C23H26N2O3. The zero-order valence-electron chi connectivity index (χ0n) is 16.2. The highest BCUT2D eigenvalue weighted by Gasteiger charge is 2.23. The van der Waals surface area contributed by atoms with E-state index >= 15 is 0 Å². The lowest BCUT2D eigenvalue weighted by Gasteiger charge is -2.28. The lowest BCUT2D eigenvalue weighted by molar-refractivity contribution is 0.238. The molecule has 1 aliphatic rings. The zero-order chi connectivity index (χ0) is 19.3. The predicted octanol–water partition coefficient (Wildman–Crippen LogP) is 3.73. The second-order valence-electron chi connectivity index (χ2n) is 7.25. The van der Waals surface area contributed by atoms with Gasteiger partial charge in [0.15, 0.2) is 0 Å². The second kappa shape index (κ2) is 8.59. The molecule has 5 heteroatoms. The molecule has 2 heterocycles. The average molecular weight is 378 g/mol. The van der Waals surface area contributed by atoms with Crippen LogP contribution in [0, 0.1) is 0 Å². The summed E-state index contributed by atoms with van der Waals surface area (Å²) in [5.41, 5.74) is 2.50. The van der Waals surface area contributed by atoms with E-state index in [1.807, 2.05) is 12.1 Å². The van der Waals surface area contributed by atoms with Crippen LogP contribution in [0.2, 0.25) is 0 Å². The van der Waals surface area contributed by atoms with E-state index in [0.717, 1.165) is 30.6 Å². The monoisotopic (exact) mass is 378 g/mol. The zero-order valence-corrected chi connectivity index (χ0v) is 16.2. The van der Waals surface area contributed by atoms with Gasteiger partial charge in [0.25, 0.3) is 0 Å². The van der Waals surface area contributed by atoms with E-state index in [1.165, 1.54) is 18.4 Å². The Morgan fingerprint density at radius 2 is 1.89 bits per heavy atom. The number of nitrogens with one attached hydrogen (secondary N) is 1. The molecule has 4 rings (SSSR count). The van der Waals surface area contributed by atoms with Gasteiger partial charge in [-0.3, -0.25) is 4.90 Å². The molecule has 146 valence electrons. The van der Waals surface area contributed by atoms with Gasteiger partial charge < -0.3 is 14.5 Å². The van der Waals surface area contributed by atoms with Gasteiger partial charge in [-0.25, -0.2) is 4.79 Å². The van der Waals surface area contributed by atoms with E-state index in [4.69, 9.17) is 9.15 Å². The fourth-order valence-electron chi connectivity index (χ4n) is 4.01. The number of ether oxygens (including phenoxy) is 1. The minimum atomic E-state index is -0.336. The maximum absolute atomic E-state index is 12.0. The van der Waals surface area contributed by atoms with Crippen molar-refractivity contribution in [2.75, 3.05) is 26.7 Å². The van der Waals surface area contributed by atoms with Crippen LogP contribution in [0.15, 0.2) is 63.8 Å². The Hall–Kier alpha value is -2.63. The van der Waals surface area contributed by atoms with Crippen LogP contribution in [0.1, 0.15) is 30.0 Å². The summed E-state index contributed by atoms with van der Waals surface area (Å²) < 4.78 is 10.6. The molecule has 5 nitrogen and oxygen atoms in total. The second-order valence-corrected chi connectivity index (χ2v) is 7.25. The van der Waals surface area contributed by atoms with Gasteiger partial charge in [0.2, 0.25) is 0 Å². The highest BCUT2D eigenvalue weighted by atomic mass is 16.5. The van der Waals surface area contributed by atoms with Gasteiger partial charge in [0.05, 0.1) is 7.11 Å². The van der Waals surface area contributed by atoms with Crippen LogP contribution in [0.3, 0.4) is 0 Å². The lowest BCUT2D eigenvalue weighted by atomic mass is 10.1. The van der Waals surface area contributed by atoms with Crippen molar-refractivity contribution in [3.05, 3.63) is 76.1 Å². The van der Waals surface area contributed by atoms with E-state index in [0.29, 0.717) is 23.9 Å². The smallest absolute Gasteiger partial charge is 0.336 e. The van der Waals surface area contributed by atoms with Crippen molar-refractivity contribution in [1.29, 1.82) is 0 Å². The molecule has 1 saturated heterocycles. The third-order valence-electron chi connectivity index (χ3n) is 5.46. The Balaban J connectivity index is 1.52. The minimum absolute atomic E-state index is 0.336. The molecule has 0 bridgehead atoms. The quantitative estimate of drug-likeness (QED) is 0.635. The van der Waals surface area contributed by atoms with Crippen molar-refractivity contribution < 1.29 is 9.15 Å². The van der Waals surface area contributed by atoms with Crippen molar-refractivity contribution in [2.45, 2.75) is 25.4 Å². The van der Waals surface area contributed by atoms with Crippen LogP contribution in [-0.4, -0.2) is 31.6 Å². The third-order valence-corrected chi connectivity index (χ3v) is 5.46. The van der Waals surface area contributed by atoms with Gasteiger partial charge in [0.1, 0.15) is 11.3 Å². The van der Waals surface area contributed by atoms with Crippen LogP contribution in [0.4, 0.5) is 0 Å². The van der Waals surface area contributed by atoms with E-state index < -0.39 is 0 Å². The maximum Gasteiger partial charge on any atom is 0.336 e. The van der Waals surface area contributed by atoms with Crippen molar-refractivity contribution in [3.8, 4) is 5.75 Å². The molecular weight excluding hydrogens is 352 g/mol. The molecule has 1 N–H and O–H groups in total. The third kappa shape index (κ3) is 4.11. The molecule has 2 aromatic carbocycles. The normalized spacial score (nSPS) is 15.8. The molecule has 0 unspecified atom stereocenters. The van der Waals surface area contributed by atoms with Crippen molar-refractivity contribution in [1.82, 2.24) is 10.2 Å². The van der Waals surface area contributed by atoms with Crippen LogP contribution in [-0.2, 0) is 6.54 Å². The van der Waals surface area contributed by atoms with Gasteiger partial charge >= 0.3 is 5.63 Å². The average Bonchev–Trinajstić information content (AvgIpc) is 3.25. The van der Waals surface area contributed by atoms with Gasteiger partial charge in [-0.05, 0) is 49.2 Å². The molecule has 0 saturated carbocycles. The Kier molecular flexibility index (Phi) is 5.74. The van der Waals surface area contributed by atoms with Gasteiger partial charge in [0, 0.05) is 36.7 Å². The summed E-state index contributed by atoms with van der Waals surface area (Å²) in [6.45, 7) is 3.73. The van der Waals surface area contributed by atoms with Gasteiger partial charge in [-0.15, -0.1) is 0 Å². The highest BCUT2D eigenvalue weighted by Crippen LogP contribution is 2.25. The molecule has 1 atom stereocenters. The van der Waals surface area contributed by atoms with Crippen molar-refractivity contribution in [3.63, 3.8) is 0 Å². The first-order chi connectivity index (χ1) is 13.7. The van der Waals surface area contributed by atoms with Crippen LogP contribution < -0.4 is 15.7 Å². The Morgan fingerprint density at radius 1 is 1.11 bits per heavy atom. The van der Waals surface area contributed by atoms with Crippen molar-refractivity contribution in [2.24, 2.45) is 0 Å². The molecule has 1 aliphatic heterocycles.